The molecule has 1 amide bonds. The minimum absolute atomic E-state index is 0. The molecule has 1 unspecified atom stereocenters. The molecule has 1 saturated heterocycles. The van der Waals surface area contributed by atoms with E-state index >= 15 is 0 Å². The van der Waals surface area contributed by atoms with Crippen LogP contribution in [0.15, 0.2) is 4.99 Å². The number of carbonyl (C=O) groups excluding carboxylic acids is 1. The van der Waals surface area contributed by atoms with Crippen molar-refractivity contribution in [2.24, 2.45) is 16.8 Å². The number of hydrogen-bond donors (Lipinski definition) is 3. The van der Waals surface area contributed by atoms with Gasteiger partial charge in [0.2, 0.25) is 5.91 Å². The fraction of sp³-hybridized carbons (Fsp3) is 0.882. The van der Waals surface area contributed by atoms with E-state index in [-0.39, 0.29) is 35.8 Å². The zero-order chi connectivity index (χ0) is 16.1. The van der Waals surface area contributed by atoms with Crippen LogP contribution in [0, 0.1) is 11.8 Å². The Balaban J connectivity index is 0.00000208. The molecule has 3 aliphatic rings. The first-order chi connectivity index (χ1) is 11.3. The largest absolute Gasteiger partial charge is 0.357 e. The van der Waals surface area contributed by atoms with Crippen molar-refractivity contribution in [3.05, 3.63) is 0 Å². The minimum atomic E-state index is 0. The van der Waals surface area contributed by atoms with Crippen molar-refractivity contribution in [1.29, 1.82) is 0 Å². The molecule has 3 fully saturated rings. The maximum Gasteiger partial charge on any atom is 0.223 e. The predicted octanol–water partition coefficient (Wildman–Crippen LogP) is 1.17. The number of guanidine groups is 1. The van der Waals surface area contributed by atoms with Crippen molar-refractivity contribution in [3.8, 4) is 0 Å². The predicted molar refractivity (Wildman–Crippen MR) is 108 cm³/mol. The average Bonchev–Trinajstić information content (AvgIpc) is 3.47. The van der Waals surface area contributed by atoms with E-state index < -0.39 is 0 Å². The van der Waals surface area contributed by atoms with Gasteiger partial charge in [-0.25, -0.2) is 0 Å². The third-order valence-corrected chi connectivity index (χ3v) is 4.90. The number of aliphatic imine (C=N–C) groups is 1. The third-order valence-electron chi connectivity index (χ3n) is 4.90. The Hall–Kier alpha value is -0.570. The number of amides is 1. The summed E-state index contributed by atoms with van der Waals surface area (Å²) >= 11 is 0. The summed E-state index contributed by atoms with van der Waals surface area (Å²) in [6, 6.07) is 0.880. The topological polar surface area (TPSA) is 68.8 Å². The zero-order valence-electron chi connectivity index (χ0n) is 14.7. The smallest absolute Gasteiger partial charge is 0.223 e. The Morgan fingerprint density at radius 1 is 1.08 bits per heavy atom. The van der Waals surface area contributed by atoms with E-state index in [9.17, 15) is 4.79 Å². The van der Waals surface area contributed by atoms with Gasteiger partial charge in [0, 0.05) is 44.7 Å². The van der Waals surface area contributed by atoms with E-state index in [1.807, 2.05) is 0 Å². The van der Waals surface area contributed by atoms with Crippen LogP contribution in [-0.4, -0.2) is 62.1 Å². The van der Waals surface area contributed by atoms with E-state index in [1.165, 1.54) is 32.4 Å². The highest BCUT2D eigenvalue weighted by molar-refractivity contribution is 14.0. The minimum Gasteiger partial charge on any atom is -0.357 e. The number of likely N-dealkylation sites (tertiary alicyclic amines) is 1. The first kappa shape index (κ1) is 19.8. The highest BCUT2D eigenvalue weighted by Crippen LogP contribution is 2.31. The highest BCUT2D eigenvalue weighted by atomic mass is 127. The second-order valence-corrected chi connectivity index (χ2v) is 7.09. The lowest BCUT2D eigenvalue weighted by molar-refractivity contribution is -0.122. The Labute approximate surface area is 162 Å². The third kappa shape index (κ3) is 6.38. The second kappa shape index (κ2) is 9.79. The fourth-order valence-corrected chi connectivity index (χ4v) is 3.20. The SMILES string of the molecule is CCNC(=NCC1CCN(C2CC2)C1)NCCNC(=O)C1CC1.I. The summed E-state index contributed by atoms with van der Waals surface area (Å²) in [5, 5.41) is 9.58. The van der Waals surface area contributed by atoms with Gasteiger partial charge >= 0.3 is 0 Å². The summed E-state index contributed by atoms with van der Waals surface area (Å²) in [5.41, 5.74) is 0. The van der Waals surface area contributed by atoms with Crippen LogP contribution in [0.25, 0.3) is 0 Å². The lowest BCUT2D eigenvalue weighted by atomic mass is 10.1. The monoisotopic (exact) mass is 449 g/mol. The average molecular weight is 449 g/mol. The number of nitrogens with zero attached hydrogens (tertiary/aromatic N) is 2. The molecule has 3 N–H and O–H groups in total. The van der Waals surface area contributed by atoms with Gasteiger partial charge in [-0.3, -0.25) is 9.79 Å². The van der Waals surface area contributed by atoms with Gasteiger partial charge < -0.3 is 20.9 Å². The number of carbonyl (C=O) groups is 1. The maximum atomic E-state index is 11.6. The molecule has 7 heteroatoms. The van der Waals surface area contributed by atoms with Crippen LogP contribution in [0.1, 0.15) is 39.0 Å². The van der Waals surface area contributed by atoms with Crippen LogP contribution < -0.4 is 16.0 Å². The quantitative estimate of drug-likeness (QED) is 0.225. The standard InChI is InChI=1S/C17H31N5O.HI/c1-2-18-17(20-9-8-19-16(23)14-3-4-14)21-11-13-7-10-22(12-13)15-5-6-15;/h13-15H,2-12H2,1H3,(H,19,23)(H2,18,20,21);1H. The summed E-state index contributed by atoms with van der Waals surface area (Å²) in [6.07, 6.45) is 6.18. The van der Waals surface area contributed by atoms with Gasteiger partial charge in [0.1, 0.15) is 0 Å². The number of hydrogen-bond acceptors (Lipinski definition) is 3. The van der Waals surface area contributed by atoms with Crippen LogP contribution in [-0.2, 0) is 4.79 Å². The van der Waals surface area contributed by atoms with Crippen LogP contribution >= 0.6 is 24.0 Å². The van der Waals surface area contributed by atoms with Crippen molar-refractivity contribution in [2.75, 3.05) is 39.3 Å². The Kier molecular flexibility index (Phi) is 8.06. The molecule has 138 valence electrons. The molecule has 24 heavy (non-hydrogen) atoms. The number of rotatable bonds is 8. The molecular formula is C17H32IN5O. The lowest BCUT2D eigenvalue weighted by Gasteiger charge is -2.15. The zero-order valence-corrected chi connectivity index (χ0v) is 17.1. The molecule has 0 aromatic heterocycles. The van der Waals surface area contributed by atoms with Crippen LogP contribution in [0.3, 0.4) is 0 Å². The van der Waals surface area contributed by atoms with Crippen molar-refractivity contribution >= 4 is 35.8 Å². The fourth-order valence-electron chi connectivity index (χ4n) is 3.20. The molecular weight excluding hydrogens is 417 g/mol. The molecule has 0 bridgehead atoms. The van der Waals surface area contributed by atoms with Gasteiger partial charge in [-0.2, -0.15) is 0 Å². The van der Waals surface area contributed by atoms with Gasteiger partial charge in [0.15, 0.2) is 5.96 Å². The number of halogens is 1. The first-order valence-corrected chi connectivity index (χ1v) is 9.30. The summed E-state index contributed by atoms with van der Waals surface area (Å²) < 4.78 is 0. The number of nitrogens with one attached hydrogen (secondary N) is 3. The Morgan fingerprint density at radius 2 is 1.83 bits per heavy atom. The molecule has 1 aliphatic heterocycles. The molecule has 2 aliphatic carbocycles. The van der Waals surface area contributed by atoms with E-state index in [0.29, 0.717) is 12.5 Å². The van der Waals surface area contributed by atoms with Gasteiger partial charge in [0.05, 0.1) is 0 Å². The molecule has 3 rings (SSSR count). The van der Waals surface area contributed by atoms with Crippen LogP contribution in [0.2, 0.25) is 0 Å². The van der Waals surface area contributed by atoms with Crippen molar-refractivity contribution in [2.45, 2.75) is 45.1 Å². The van der Waals surface area contributed by atoms with Gasteiger partial charge in [-0.1, -0.05) is 0 Å². The molecule has 0 spiro atoms. The van der Waals surface area contributed by atoms with Gasteiger partial charge in [-0.05, 0) is 51.5 Å². The van der Waals surface area contributed by atoms with Gasteiger partial charge in [-0.15, -0.1) is 24.0 Å². The van der Waals surface area contributed by atoms with Crippen LogP contribution in [0.4, 0.5) is 0 Å². The Bertz CT molecular complexity index is 437. The van der Waals surface area contributed by atoms with Gasteiger partial charge in [0.25, 0.3) is 0 Å². The second-order valence-electron chi connectivity index (χ2n) is 7.09. The summed E-state index contributed by atoms with van der Waals surface area (Å²) in [4.78, 5) is 18.9. The first-order valence-electron chi connectivity index (χ1n) is 9.30. The van der Waals surface area contributed by atoms with E-state index in [1.54, 1.807) is 0 Å². The molecule has 1 atom stereocenters. The maximum absolute atomic E-state index is 11.6. The molecule has 6 nitrogen and oxygen atoms in total. The summed E-state index contributed by atoms with van der Waals surface area (Å²) in [6.45, 7) is 7.69. The molecule has 0 radical (unpaired) electrons. The van der Waals surface area contributed by atoms with E-state index in [0.717, 1.165) is 44.5 Å². The lowest BCUT2D eigenvalue weighted by Crippen LogP contribution is -2.42. The highest BCUT2D eigenvalue weighted by Gasteiger charge is 2.34. The Morgan fingerprint density at radius 3 is 2.50 bits per heavy atom. The molecule has 0 aromatic rings. The van der Waals surface area contributed by atoms with Crippen molar-refractivity contribution < 1.29 is 4.79 Å². The van der Waals surface area contributed by atoms with Crippen LogP contribution in [0.5, 0.6) is 0 Å². The summed E-state index contributed by atoms with van der Waals surface area (Å²) in [5.74, 6) is 2.06. The molecule has 2 saturated carbocycles. The molecule has 0 aromatic carbocycles. The van der Waals surface area contributed by atoms with Crippen molar-refractivity contribution in [3.63, 3.8) is 0 Å². The normalized spacial score (nSPS) is 24.4. The molecule has 1 heterocycles. The van der Waals surface area contributed by atoms with E-state index in [4.69, 9.17) is 4.99 Å². The van der Waals surface area contributed by atoms with E-state index in [2.05, 4.69) is 27.8 Å². The summed E-state index contributed by atoms with van der Waals surface area (Å²) in [7, 11) is 0. The van der Waals surface area contributed by atoms with Crippen molar-refractivity contribution in [1.82, 2.24) is 20.9 Å².